The van der Waals surface area contributed by atoms with Crippen LogP contribution in [0, 0.1) is 12.8 Å². The SMILES string of the molecule is CCOCC(NC(=O)c1cccc(N)c1C)C(C)C. The van der Waals surface area contributed by atoms with Crippen molar-refractivity contribution >= 4 is 11.6 Å². The summed E-state index contributed by atoms with van der Waals surface area (Å²) in [4.78, 5) is 12.3. The third-order valence-electron chi connectivity index (χ3n) is 3.24. The molecule has 0 spiro atoms. The average molecular weight is 264 g/mol. The average Bonchev–Trinajstić information content (AvgIpc) is 2.37. The predicted octanol–water partition coefficient (Wildman–Crippen LogP) is 2.37. The fourth-order valence-corrected chi connectivity index (χ4v) is 1.79. The highest BCUT2D eigenvalue weighted by atomic mass is 16.5. The molecule has 0 aliphatic rings. The summed E-state index contributed by atoms with van der Waals surface area (Å²) in [6.07, 6.45) is 0. The van der Waals surface area contributed by atoms with E-state index in [1.54, 1.807) is 18.2 Å². The zero-order chi connectivity index (χ0) is 14.4. The number of carbonyl (C=O) groups excluding carboxylic acids is 1. The van der Waals surface area contributed by atoms with Crippen molar-refractivity contribution in [2.24, 2.45) is 5.92 Å². The van der Waals surface area contributed by atoms with Gasteiger partial charge in [0, 0.05) is 17.9 Å². The molecule has 19 heavy (non-hydrogen) atoms. The van der Waals surface area contributed by atoms with Crippen LogP contribution in [0.5, 0.6) is 0 Å². The van der Waals surface area contributed by atoms with Crippen LogP contribution < -0.4 is 11.1 Å². The van der Waals surface area contributed by atoms with Gasteiger partial charge < -0.3 is 15.8 Å². The molecule has 0 radical (unpaired) electrons. The number of benzene rings is 1. The standard InChI is InChI=1S/C15H24N2O2/c1-5-19-9-14(10(2)3)17-15(18)12-7-6-8-13(16)11(12)4/h6-8,10,14H,5,9,16H2,1-4H3,(H,17,18). The monoisotopic (exact) mass is 264 g/mol. The Labute approximate surface area is 115 Å². The number of hydrogen-bond donors (Lipinski definition) is 2. The number of anilines is 1. The molecule has 0 aliphatic heterocycles. The van der Waals surface area contributed by atoms with Crippen LogP contribution in [-0.2, 0) is 4.74 Å². The second-order valence-corrected chi connectivity index (χ2v) is 5.00. The molecule has 0 bridgehead atoms. The van der Waals surface area contributed by atoms with E-state index in [1.165, 1.54) is 0 Å². The summed E-state index contributed by atoms with van der Waals surface area (Å²) in [5.41, 5.74) is 7.91. The summed E-state index contributed by atoms with van der Waals surface area (Å²) >= 11 is 0. The third kappa shape index (κ3) is 4.24. The van der Waals surface area contributed by atoms with E-state index >= 15 is 0 Å². The summed E-state index contributed by atoms with van der Waals surface area (Å²) in [7, 11) is 0. The Morgan fingerprint density at radius 2 is 2.11 bits per heavy atom. The van der Waals surface area contributed by atoms with Crippen molar-refractivity contribution in [3.8, 4) is 0 Å². The lowest BCUT2D eigenvalue weighted by molar-refractivity contribution is 0.0805. The fourth-order valence-electron chi connectivity index (χ4n) is 1.79. The van der Waals surface area contributed by atoms with Crippen LogP contribution in [0.4, 0.5) is 5.69 Å². The summed E-state index contributed by atoms with van der Waals surface area (Å²) in [5.74, 6) is 0.222. The lowest BCUT2D eigenvalue weighted by atomic mass is 10.0. The van der Waals surface area contributed by atoms with Gasteiger partial charge in [-0.25, -0.2) is 0 Å². The molecule has 1 atom stereocenters. The zero-order valence-electron chi connectivity index (χ0n) is 12.2. The number of hydrogen-bond acceptors (Lipinski definition) is 3. The Morgan fingerprint density at radius 3 is 2.68 bits per heavy atom. The lowest BCUT2D eigenvalue weighted by Crippen LogP contribution is -2.42. The molecular formula is C15H24N2O2. The van der Waals surface area contributed by atoms with Crippen molar-refractivity contribution in [3.05, 3.63) is 29.3 Å². The molecule has 106 valence electrons. The molecule has 1 rings (SSSR count). The maximum atomic E-state index is 12.3. The van der Waals surface area contributed by atoms with Crippen LogP contribution in [-0.4, -0.2) is 25.2 Å². The van der Waals surface area contributed by atoms with Gasteiger partial charge in [-0.1, -0.05) is 19.9 Å². The summed E-state index contributed by atoms with van der Waals surface area (Å²) in [6.45, 7) is 9.11. The first-order valence-electron chi connectivity index (χ1n) is 6.71. The quantitative estimate of drug-likeness (QED) is 0.775. The van der Waals surface area contributed by atoms with E-state index in [1.807, 2.05) is 13.8 Å². The number of ether oxygens (including phenoxy) is 1. The molecule has 1 aromatic rings. The summed E-state index contributed by atoms with van der Waals surface area (Å²) in [6, 6.07) is 5.39. The van der Waals surface area contributed by atoms with Crippen LogP contribution in [0.25, 0.3) is 0 Å². The summed E-state index contributed by atoms with van der Waals surface area (Å²) in [5, 5.41) is 3.02. The Bertz CT molecular complexity index is 430. The lowest BCUT2D eigenvalue weighted by Gasteiger charge is -2.22. The maximum absolute atomic E-state index is 12.3. The van der Waals surface area contributed by atoms with Crippen LogP contribution in [0.3, 0.4) is 0 Å². The van der Waals surface area contributed by atoms with Gasteiger partial charge in [0.2, 0.25) is 0 Å². The fraction of sp³-hybridized carbons (Fsp3) is 0.533. The second kappa shape index (κ2) is 7.14. The van der Waals surface area contributed by atoms with Crippen molar-refractivity contribution in [1.29, 1.82) is 0 Å². The Morgan fingerprint density at radius 1 is 1.42 bits per heavy atom. The topological polar surface area (TPSA) is 64.3 Å². The van der Waals surface area contributed by atoms with Gasteiger partial charge >= 0.3 is 0 Å². The minimum absolute atomic E-state index is 0.00767. The minimum Gasteiger partial charge on any atom is -0.398 e. The van der Waals surface area contributed by atoms with E-state index in [2.05, 4.69) is 19.2 Å². The van der Waals surface area contributed by atoms with Crippen molar-refractivity contribution in [3.63, 3.8) is 0 Å². The number of carbonyl (C=O) groups is 1. The van der Waals surface area contributed by atoms with Gasteiger partial charge in [0.15, 0.2) is 0 Å². The molecule has 1 amide bonds. The molecule has 1 aromatic carbocycles. The van der Waals surface area contributed by atoms with E-state index in [-0.39, 0.29) is 11.9 Å². The Kier molecular flexibility index (Phi) is 5.83. The van der Waals surface area contributed by atoms with Crippen molar-refractivity contribution in [2.45, 2.75) is 33.7 Å². The van der Waals surface area contributed by atoms with E-state index in [9.17, 15) is 4.79 Å². The highest BCUT2D eigenvalue weighted by Crippen LogP contribution is 2.16. The van der Waals surface area contributed by atoms with Crippen LogP contribution in [0.1, 0.15) is 36.7 Å². The minimum atomic E-state index is -0.0943. The molecule has 0 heterocycles. The highest BCUT2D eigenvalue weighted by Gasteiger charge is 2.18. The second-order valence-electron chi connectivity index (χ2n) is 5.00. The molecule has 1 unspecified atom stereocenters. The van der Waals surface area contributed by atoms with Gasteiger partial charge in [-0.15, -0.1) is 0 Å². The van der Waals surface area contributed by atoms with Gasteiger partial charge in [-0.3, -0.25) is 4.79 Å². The van der Waals surface area contributed by atoms with E-state index in [4.69, 9.17) is 10.5 Å². The van der Waals surface area contributed by atoms with Crippen molar-refractivity contribution in [2.75, 3.05) is 18.9 Å². The number of rotatable bonds is 6. The molecule has 4 heteroatoms. The molecule has 0 aromatic heterocycles. The molecular weight excluding hydrogens is 240 g/mol. The number of nitrogen functional groups attached to an aromatic ring is 1. The number of amides is 1. The Balaban J connectivity index is 2.79. The molecule has 0 fully saturated rings. The first-order chi connectivity index (χ1) is 8.97. The van der Waals surface area contributed by atoms with Gasteiger partial charge in [-0.2, -0.15) is 0 Å². The molecule has 4 nitrogen and oxygen atoms in total. The highest BCUT2D eigenvalue weighted by molar-refractivity contribution is 5.97. The number of nitrogens with one attached hydrogen (secondary N) is 1. The molecule has 0 saturated heterocycles. The van der Waals surface area contributed by atoms with Crippen LogP contribution in [0.2, 0.25) is 0 Å². The molecule has 0 saturated carbocycles. The normalized spacial score (nSPS) is 12.5. The van der Waals surface area contributed by atoms with Gasteiger partial charge in [-0.05, 0) is 37.5 Å². The van der Waals surface area contributed by atoms with E-state index in [0.717, 1.165) is 5.56 Å². The zero-order valence-corrected chi connectivity index (χ0v) is 12.2. The van der Waals surface area contributed by atoms with Gasteiger partial charge in [0.25, 0.3) is 5.91 Å². The van der Waals surface area contributed by atoms with Gasteiger partial charge in [0.1, 0.15) is 0 Å². The smallest absolute Gasteiger partial charge is 0.251 e. The van der Waals surface area contributed by atoms with Crippen LogP contribution in [0.15, 0.2) is 18.2 Å². The van der Waals surface area contributed by atoms with Gasteiger partial charge in [0.05, 0.1) is 12.6 Å². The molecule has 3 N–H and O–H groups in total. The number of nitrogens with two attached hydrogens (primary N) is 1. The van der Waals surface area contributed by atoms with E-state index in [0.29, 0.717) is 30.4 Å². The summed E-state index contributed by atoms with van der Waals surface area (Å²) < 4.78 is 5.41. The molecule has 0 aliphatic carbocycles. The first-order valence-corrected chi connectivity index (χ1v) is 6.71. The predicted molar refractivity (Wildman–Crippen MR) is 78.2 cm³/mol. The van der Waals surface area contributed by atoms with Crippen molar-refractivity contribution < 1.29 is 9.53 Å². The Hall–Kier alpha value is -1.55. The maximum Gasteiger partial charge on any atom is 0.251 e. The van der Waals surface area contributed by atoms with E-state index < -0.39 is 0 Å². The van der Waals surface area contributed by atoms with Crippen molar-refractivity contribution in [1.82, 2.24) is 5.32 Å². The largest absolute Gasteiger partial charge is 0.398 e. The van der Waals surface area contributed by atoms with Crippen LogP contribution >= 0.6 is 0 Å². The first kappa shape index (κ1) is 15.5. The third-order valence-corrected chi connectivity index (χ3v) is 3.24.